The molecule has 0 amide bonds. The summed E-state index contributed by atoms with van der Waals surface area (Å²) in [6.07, 6.45) is 1.81. The van der Waals surface area contributed by atoms with E-state index in [1.807, 2.05) is 19.9 Å². The largest absolute Gasteiger partial charge is 0.401 e. The Hall–Kier alpha value is -1.18. The van der Waals surface area contributed by atoms with Crippen molar-refractivity contribution in [1.82, 2.24) is 0 Å². The van der Waals surface area contributed by atoms with Crippen LogP contribution in [0.1, 0.15) is 27.7 Å². The molecule has 0 rings (SSSR count). The van der Waals surface area contributed by atoms with Crippen LogP contribution in [-0.4, -0.2) is 0 Å². The lowest BCUT2D eigenvalue weighted by Gasteiger charge is -2.15. The van der Waals surface area contributed by atoms with E-state index in [1.54, 1.807) is 0 Å². The molecule has 2 heteroatoms. The minimum atomic E-state index is 0.372. The van der Waals surface area contributed by atoms with Crippen LogP contribution >= 0.6 is 0 Å². The molecule has 0 bridgehead atoms. The number of rotatable bonds is 3. The van der Waals surface area contributed by atoms with Gasteiger partial charge in [-0.05, 0) is 30.9 Å². The third-order valence-corrected chi connectivity index (χ3v) is 2.02. The normalized spacial score (nSPS) is 15.2. The van der Waals surface area contributed by atoms with Crippen molar-refractivity contribution in [3.63, 3.8) is 0 Å². The molecule has 0 aromatic heterocycles. The fourth-order valence-electron chi connectivity index (χ4n) is 1.30. The quantitative estimate of drug-likeness (QED) is 0.655. The first-order valence-corrected chi connectivity index (χ1v) is 4.47. The van der Waals surface area contributed by atoms with E-state index >= 15 is 0 Å². The first kappa shape index (κ1) is 11.8. The third kappa shape index (κ3) is 2.98. The van der Waals surface area contributed by atoms with Crippen molar-refractivity contribution in [2.75, 3.05) is 0 Å². The molecule has 13 heavy (non-hydrogen) atoms. The molecule has 0 spiro atoms. The van der Waals surface area contributed by atoms with Gasteiger partial charge in [0, 0.05) is 5.70 Å². The lowest BCUT2D eigenvalue weighted by Crippen LogP contribution is -2.14. The van der Waals surface area contributed by atoms with Gasteiger partial charge in [0.15, 0.2) is 0 Å². The average molecular weight is 180 g/mol. The Balaban J connectivity index is 5.31. The van der Waals surface area contributed by atoms with Crippen molar-refractivity contribution in [2.45, 2.75) is 27.7 Å². The molecule has 2 nitrogen and oxygen atoms in total. The predicted octanol–water partition coefficient (Wildman–Crippen LogP) is 2.29. The lowest BCUT2D eigenvalue weighted by molar-refractivity contribution is 0.761. The molecule has 0 aliphatic carbocycles. The molecule has 4 N–H and O–H groups in total. The Bertz CT molecular complexity index is 253. The summed E-state index contributed by atoms with van der Waals surface area (Å²) >= 11 is 0. The van der Waals surface area contributed by atoms with Crippen LogP contribution in [0.25, 0.3) is 0 Å². The number of hydrogen-bond donors (Lipinski definition) is 2. The molecule has 74 valence electrons. The molecule has 0 saturated heterocycles. The number of allylic oxidation sites excluding steroid dienone is 4. The zero-order valence-corrected chi connectivity index (χ0v) is 9.02. The Labute approximate surface area is 81.0 Å². The van der Waals surface area contributed by atoms with Crippen LogP contribution < -0.4 is 11.5 Å². The fraction of sp³-hybridized carbons (Fsp3) is 0.455. The standard InChI is InChI=1S/C11H20N2/c1-6-8(4)10(7(2)3)11(13)9(5)12/h6-7H,1,12-13H2,2-5H3/b10-8-,11-9-. The van der Waals surface area contributed by atoms with Gasteiger partial charge >= 0.3 is 0 Å². The van der Waals surface area contributed by atoms with E-state index in [9.17, 15) is 0 Å². The van der Waals surface area contributed by atoms with Gasteiger partial charge in [-0.15, -0.1) is 0 Å². The molecule has 0 atom stereocenters. The summed E-state index contributed by atoms with van der Waals surface area (Å²) in [6, 6.07) is 0. The average Bonchev–Trinajstić information content (AvgIpc) is 2.03. The van der Waals surface area contributed by atoms with Gasteiger partial charge in [0.25, 0.3) is 0 Å². The number of nitrogens with two attached hydrogens (primary N) is 2. The van der Waals surface area contributed by atoms with E-state index in [-0.39, 0.29) is 0 Å². The zero-order valence-electron chi connectivity index (χ0n) is 9.02. The third-order valence-electron chi connectivity index (χ3n) is 2.02. The predicted molar refractivity (Wildman–Crippen MR) is 58.8 cm³/mol. The molecule has 0 radical (unpaired) electrons. The topological polar surface area (TPSA) is 52.0 Å². The van der Waals surface area contributed by atoms with E-state index in [1.165, 1.54) is 0 Å². The highest BCUT2D eigenvalue weighted by molar-refractivity contribution is 5.39. The summed E-state index contributed by atoms with van der Waals surface area (Å²) in [4.78, 5) is 0. The smallest absolute Gasteiger partial charge is 0.0539 e. The molecule has 0 aromatic rings. The van der Waals surface area contributed by atoms with Gasteiger partial charge < -0.3 is 11.5 Å². The van der Waals surface area contributed by atoms with Crippen molar-refractivity contribution in [3.8, 4) is 0 Å². The van der Waals surface area contributed by atoms with Crippen LogP contribution in [0.4, 0.5) is 0 Å². The van der Waals surface area contributed by atoms with E-state index in [0.717, 1.165) is 11.1 Å². The lowest BCUT2D eigenvalue weighted by atomic mass is 9.94. The second kappa shape index (κ2) is 4.75. The molecule has 0 aliphatic heterocycles. The highest BCUT2D eigenvalue weighted by atomic mass is 14.7. The summed E-state index contributed by atoms with van der Waals surface area (Å²) in [5.41, 5.74) is 15.1. The molecule has 0 saturated carbocycles. The van der Waals surface area contributed by atoms with Gasteiger partial charge in [-0.1, -0.05) is 26.5 Å². The van der Waals surface area contributed by atoms with Crippen molar-refractivity contribution in [1.29, 1.82) is 0 Å². The second-order valence-electron chi connectivity index (χ2n) is 3.55. The first-order chi connectivity index (χ1) is 5.91. The first-order valence-electron chi connectivity index (χ1n) is 4.47. The Kier molecular flexibility index (Phi) is 4.32. The van der Waals surface area contributed by atoms with Gasteiger partial charge in [-0.25, -0.2) is 0 Å². The summed E-state index contributed by atoms with van der Waals surface area (Å²) in [5, 5.41) is 0. The van der Waals surface area contributed by atoms with E-state index in [2.05, 4.69) is 20.4 Å². The summed E-state index contributed by atoms with van der Waals surface area (Å²) < 4.78 is 0. The Morgan fingerprint density at radius 2 is 1.69 bits per heavy atom. The highest BCUT2D eigenvalue weighted by Gasteiger charge is 2.10. The van der Waals surface area contributed by atoms with E-state index in [0.29, 0.717) is 17.3 Å². The summed E-state index contributed by atoms with van der Waals surface area (Å²) in [7, 11) is 0. The number of hydrogen-bond acceptors (Lipinski definition) is 2. The van der Waals surface area contributed by atoms with Gasteiger partial charge in [0.05, 0.1) is 5.70 Å². The minimum Gasteiger partial charge on any atom is -0.401 e. The maximum atomic E-state index is 5.89. The van der Waals surface area contributed by atoms with Gasteiger partial charge in [0.1, 0.15) is 0 Å². The summed E-state index contributed by atoms with van der Waals surface area (Å²) in [5.74, 6) is 0.372. The van der Waals surface area contributed by atoms with Crippen LogP contribution in [-0.2, 0) is 0 Å². The minimum absolute atomic E-state index is 0.372. The van der Waals surface area contributed by atoms with E-state index in [4.69, 9.17) is 11.5 Å². The van der Waals surface area contributed by atoms with Gasteiger partial charge in [-0.2, -0.15) is 0 Å². The van der Waals surface area contributed by atoms with E-state index < -0.39 is 0 Å². The molecule has 0 aromatic carbocycles. The van der Waals surface area contributed by atoms with Crippen molar-refractivity contribution in [3.05, 3.63) is 35.2 Å². The molecular formula is C11H20N2. The van der Waals surface area contributed by atoms with Gasteiger partial charge in [0.2, 0.25) is 0 Å². The Morgan fingerprint density at radius 3 is 1.92 bits per heavy atom. The van der Waals surface area contributed by atoms with Crippen molar-refractivity contribution in [2.24, 2.45) is 17.4 Å². The molecule has 0 fully saturated rings. The monoisotopic (exact) mass is 180 g/mol. The van der Waals surface area contributed by atoms with Gasteiger partial charge in [-0.3, -0.25) is 0 Å². The van der Waals surface area contributed by atoms with Crippen LogP contribution in [0, 0.1) is 5.92 Å². The molecular weight excluding hydrogens is 160 g/mol. The molecule has 0 unspecified atom stereocenters. The zero-order chi connectivity index (χ0) is 10.6. The Morgan fingerprint density at radius 1 is 1.23 bits per heavy atom. The fourth-order valence-corrected chi connectivity index (χ4v) is 1.30. The van der Waals surface area contributed by atoms with Crippen molar-refractivity contribution >= 4 is 0 Å². The van der Waals surface area contributed by atoms with Crippen LogP contribution in [0.5, 0.6) is 0 Å². The van der Waals surface area contributed by atoms with Crippen molar-refractivity contribution < 1.29 is 0 Å². The highest BCUT2D eigenvalue weighted by Crippen LogP contribution is 2.21. The maximum Gasteiger partial charge on any atom is 0.0539 e. The SMILES string of the molecule is C=C/C(C)=C(\C(N)=C(/C)N)C(C)C. The second-order valence-corrected chi connectivity index (χ2v) is 3.55. The molecule has 0 aliphatic rings. The maximum absolute atomic E-state index is 5.89. The van der Waals surface area contributed by atoms with Crippen LogP contribution in [0.2, 0.25) is 0 Å². The van der Waals surface area contributed by atoms with Crippen LogP contribution in [0.3, 0.4) is 0 Å². The molecule has 0 heterocycles. The summed E-state index contributed by atoms with van der Waals surface area (Å²) in [6.45, 7) is 11.7. The van der Waals surface area contributed by atoms with Crippen LogP contribution in [0.15, 0.2) is 35.2 Å².